The second-order valence-corrected chi connectivity index (χ2v) is 8.63. The zero-order chi connectivity index (χ0) is 23.0. The molecule has 7 heteroatoms. The van der Waals surface area contributed by atoms with Crippen LogP contribution in [0, 0.1) is 12.8 Å². The number of nitrogens with zero attached hydrogens (tertiary/aromatic N) is 2. The van der Waals surface area contributed by atoms with Crippen molar-refractivity contribution in [2.24, 2.45) is 10.9 Å². The zero-order valence-electron chi connectivity index (χ0n) is 19.8. The molecule has 0 aliphatic heterocycles. The number of pyridine rings is 1. The molecule has 0 saturated heterocycles. The Labute approximate surface area is 218 Å². The van der Waals surface area contributed by atoms with Gasteiger partial charge in [0, 0.05) is 38.0 Å². The van der Waals surface area contributed by atoms with E-state index < -0.39 is 0 Å². The minimum absolute atomic E-state index is 0. The van der Waals surface area contributed by atoms with Crippen LogP contribution in [-0.4, -0.2) is 24.2 Å². The highest BCUT2D eigenvalue weighted by Crippen LogP contribution is 2.30. The smallest absolute Gasteiger partial charge is 0.250 e. The van der Waals surface area contributed by atoms with Gasteiger partial charge in [0.1, 0.15) is 5.75 Å². The molecule has 6 nitrogen and oxygen atoms in total. The maximum atomic E-state index is 11.9. The third kappa shape index (κ3) is 7.62. The van der Waals surface area contributed by atoms with Crippen molar-refractivity contribution in [2.45, 2.75) is 39.4 Å². The minimum Gasteiger partial charge on any atom is -0.493 e. The second-order valence-electron chi connectivity index (χ2n) is 8.63. The molecule has 0 atom stereocenters. The van der Waals surface area contributed by atoms with Crippen LogP contribution in [0.5, 0.6) is 5.75 Å². The quantitative estimate of drug-likeness (QED) is 0.226. The molecule has 4 rings (SSSR count). The number of nitrogens with one attached hydrogen (secondary N) is 2. The van der Waals surface area contributed by atoms with Crippen LogP contribution in [0.15, 0.2) is 76.6 Å². The van der Waals surface area contributed by atoms with Gasteiger partial charge < -0.3 is 19.9 Å². The lowest BCUT2D eigenvalue weighted by molar-refractivity contribution is 0.296. The van der Waals surface area contributed by atoms with Gasteiger partial charge in [-0.15, -0.1) is 24.0 Å². The van der Waals surface area contributed by atoms with Crippen molar-refractivity contribution in [3.8, 4) is 5.75 Å². The van der Waals surface area contributed by atoms with Crippen molar-refractivity contribution in [1.82, 2.24) is 15.2 Å². The van der Waals surface area contributed by atoms with Gasteiger partial charge in [-0.2, -0.15) is 0 Å². The summed E-state index contributed by atoms with van der Waals surface area (Å²) in [4.78, 5) is 16.2. The van der Waals surface area contributed by atoms with Crippen molar-refractivity contribution < 1.29 is 4.74 Å². The predicted molar refractivity (Wildman–Crippen MR) is 148 cm³/mol. The van der Waals surface area contributed by atoms with Gasteiger partial charge in [-0.25, -0.2) is 0 Å². The van der Waals surface area contributed by atoms with Gasteiger partial charge >= 0.3 is 0 Å². The van der Waals surface area contributed by atoms with Crippen molar-refractivity contribution in [3.63, 3.8) is 0 Å². The molecule has 1 heterocycles. The highest BCUT2D eigenvalue weighted by molar-refractivity contribution is 14.0. The predicted octanol–water partition coefficient (Wildman–Crippen LogP) is 4.48. The van der Waals surface area contributed by atoms with Crippen LogP contribution in [0.25, 0.3) is 0 Å². The number of hydrogen-bond donors (Lipinski definition) is 2. The topological polar surface area (TPSA) is 67.7 Å². The second kappa shape index (κ2) is 12.6. The number of halogens is 1. The number of aryl methyl sites for hydroxylation is 1. The lowest BCUT2D eigenvalue weighted by Gasteiger charge is -2.15. The summed E-state index contributed by atoms with van der Waals surface area (Å²) in [6, 6.07) is 19.8. The summed E-state index contributed by atoms with van der Waals surface area (Å²) >= 11 is 0. The van der Waals surface area contributed by atoms with E-state index in [0.717, 1.165) is 40.9 Å². The summed E-state index contributed by atoms with van der Waals surface area (Å²) in [7, 11) is 1.77. The lowest BCUT2D eigenvalue weighted by atomic mass is 10.1. The fourth-order valence-electron chi connectivity index (χ4n) is 3.57. The molecule has 1 aliphatic rings. The Bertz CT molecular complexity index is 1150. The molecular weight excluding hydrogens is 539 g/mol. The standard InChI is InChI=1S/C27H32N4O2.HI/c1-20-6-13-24(25(15-20)33-19-23-11-12-23)17-30-27(28-2)29-16-21-7-9-22(10-8-21)18-31-14-4-3-5-26(31)32;/h3-10,13-15,23H,11-12,16-19H2,1-2H3,(H2,28,29,30);1H. The van der Waals surface area contributed by atoms with Crippen molar-refractivity contribution in [3.05, 3.63) is 99.5 Å². The van der Waals surface area contributed by atoms with E-state index in [9.17, 15) is 4.79 Å². The van der Waals surface area contributed by atoms with E-state index in [-0.39, 0.29) is 29.5 Å². The fraction of sp³-hybridized carbons (Fsp3) is 0.333. The van der Waals surface area contributed by atoms with Crippen molar-refractivity contribution >= 4 is 29.9 Å². The third-order valence-electron chi connectivity index (χ3n) is 5.80. The SMILES string of the molecule is CN=C(NCc1ccc(Cn2ccccc2=O)cc1)NCc1ccc(C)cc1OCC1CC1.I. The Balaban J connectivity index is 0.00000324. The number of benzene rings is 2. The molecule has 3 aromatic rings. The molecule has 1 aromatic heterocycles. The average molecular weight is 572 g/mol. The minimum atomic E-state index is 0. The van der Waals surface area contributed by atoms with E-state index >= 15 is 0 Å². The Morgan fingerprint density at radius 2 is 1.76 bits per heavy atom. The number of guanidine groups is 1. The van der Waals surface area contributed by atoms with Gasteiger partial charge in [0.25, 0.3) is 5.56 Å². The van der Waals surface area contributed by atoms with E-state index in [4.69, 9.17) is 4.74 Å². The van der Waals surface area contributed by atoms with Gasteiger partial charge in [0.2, 0.25) is 0 Å². The molecule has 1 saturated carbocycles. The summed E-state index contributed by atoms with van der Waals surface area (Å²) in [6.45, 7) is 4.76. The molecule has 0 radical (unpaired) electrons. The third-order valence-corrected chi connectivity index (χ3v) is 5.80. The van der Waals surface area contributed by atoms with E-state index in [1.54, 1.807) is 23.7 Å². The van der Waals surface area contributed by atoms with E-state index in [2.05, 4.69) is 65.0 Å². The maximum absolute atomic E-state index is 11.9. The first-order valence-electron chi connectivity index (χ1n) is 11.5. The van der Waals surface area contributed by atoms with Gasteiger partial charge in [0.15, 0.2) is 5.96 Å². The number of rotatable bonds is 9. The van der Waals surface area contributed by atoms with E-state index in [1.165, 1.54) is 18.4 Å². The van der Waals surface area contributed by atoms with E-state index in [1.807, 2.05) is 12.3 Å². The molecule has 180 valence electrons. The molecule has 0 spiro atoms. The zero-order valence-corrected chi connectivity index (χ0v) is 22.1. The first-order chi connectivity index (χ1) is 16.1. The van der Waals surface area contributed by atoms with E-state index in [0.29, 0.717) is 19.6 Å². The summed E-state index contributed by atoms with van der Waals surface area (Å²) in [5, 5.41) is 6.76. The maximum Gasteiger partial charge on any atom is 0.250 e. The Kier molecular flexibility index (Phi) is 9.56. The Morgan fingerprint density at radius 3 is 2.47 bits per heavy atom. The summed E-state index contributed by atoms with van der Waals surface area (Å²) < 4.78 is 7.78. The number of ether oxygens (including phenoxy) is 1. The lowest BCUT2D eigenvalue weighted by Crippen LogP contribution is -2.36. The molecule has 2 N–H and O–H groups in total. The first-order valence-corrected chi connectivity index (χ1v) is 11.5. The Hall–Kier alpha value is -2.81. The molecule has 34 heavy (non-hydrogen) atoms. The summed E-state index contributed by atoms with van der Waals surface area (Å²) in [5.41, 5.74) is 4.57. The van der Waals surface area contributed by atoms with Crippen molar-refractivity contribution in [2.75, 3.05) is 13.7 Å². The molecular formula is C27H33IN4O2. The highest BCUT2D eigenvalue weighted by Gasteiger charge is 2.22. The molecule has 0 unspecified atom stereocenters. The molecule has 1 fully saturated rings. The van der Waals surface area contributed by atoms with Crippen LogP contribution in [-0.2, 0) is 19.6 Å². The summed E-state index contributed by atoms with van der Waals surface area (Å²) in [5.74, 6) is 2.42. The average Bonchev–Trinajstić information content (AvgIpc) is 3.66. The van der Waals surface area contributed by atoms with Gasteiger partial charge in [-0.05, 0) is 54.5 Å². The monoisotopic (exact) mass is 572 g/mol. The molecule has 2 aromatic carbocycles. The van der Waals surface area contributed by atoms with Crippen LogP contribution in [0.3, 0.4) is 0 Å². The van der Waals surface area contributed by atoms with Crippen LogP contribution in [0.1, 0.15) is 35.1 Å². The normalized spacial score (nSPS) is 13.2. The van der Waals surface area contributed by atoms with Crippen LogP contribution in [0.4, 0.5) is 0 Å². The molecule has 0 bridgehead atoms. The Morgan fingerprint density at radius 1 is 1.03 bits per heavy atom. The van der Waals surface area contributed by atoms with Gasteiger partial charge in [-0.3, -0.25) is 9.79 Å². The van der Waals surface area contributed by atoms with Crippen LogP contribution >= 0.6 is 24.0 Å². The molecule has 0 amide bonds. The fourth-order valence-corrected chi connectivity index (χ4v) is 3.57. The largest absolute Gasteiger partial charge is 0.493 e. The summed E-state index contributed by atoms with van der Waals surface area (Å²) in [6.07, 6.45) is 4.37. The van der Waals surface area contributed by atoms with Crippen molar-refractivity contribution in [1.29, 1.82) is 0 Å². The van der Waals surface area contributed by atoms with Gasteiger partial charge in [0.05, 0.1) is 13.2 Å². The van der Waals surface area contributed by atoms with Crippen LogP contribution < -0.4 is 20.9 Å². The number of aromatic nitrogens is 1. The highest BCUT2D eigenvalue weighted by atomic mass is 127. The number of aliphatic imine (C=N–C) groups is 1. The first kappa shape index (κ1) is 25.8. The molecule has 1 aliphatic carbocycles. The van der Waals surface area contributed by atoms with Crippen LogP contribution in [0.2, 0.25) is 0 Å². The number of hydrogen-bond acceptors (Lipinski definition) is 3. The van der Waals surface area contributed by atoms with Gasteiger partial charge in [-0.1, -0.05) is 42.5 Å².